The first-order valence-electron chi connectivity index (χ1n) is 5.44. The summed E-state index contributed by atoms with van der Waals surface area (Å²) in [5.74, 6) is -38.7. The van der Waals surface area contributed by atoms with Gasteiger partial charge in [0.1, 0.15) is 0 Å². The van der Waals surface area contributed by atoms with Crippen LogP contribution >= 0.6 is 0 Å². The van der Waals surface area contributed by atoms with Crippen molar-refractivity contribution in [2.75, 3.05) is 0 Å². The summed E-state index contributed by atoms with van der Waals surface area (Å²) >= 11 is 0. The van der Waals surface area contributed by atoms with Crippen LogP contribution in [0.25, 0.3) is 0 Å². The molecule has 0 aliphatic heterocycles. The Bertz CT molecular complexity index is 649. The molecule has 0 spiro atoms. The molecule has 136 valence electrons. The number of hydrogen-bond acceptors (Lipinski definition) is 2. The van der Waals surface area contributed by atoms with E-state index >= 15 is 0 Å². The quantitative estimate of drug-likeness (QED) is 0.259. The van der Waals surface area contributed by atoms with Gasteiger partial charge in [0, 0.05) is 6.92 Å². The van der Waals surface area contributed by atoms with Gasteiger partial charge in [-0.25, -0.2) is 18.0 Å². The summed E-state index contributed by atoms with van der Waals surface area (Å²) in [5, 5.41) is 0. The van der Waals surface area contributed by atoms with E-state index in [-0.39, 0.29) is 0 Å². The highest BCUT2D eigenvalue weighted by atomic mass is 19.3. The zero-order valence-electron chi connectivity index (χ0n) is 11.0. The summed E-state index contributed by atoms with van der Waals surface area (Å²) in [7, 11) is 0. The van der Waals surface area contributed by atoms with Crippen molar-refractivity contribution in [3.05, 3.63) is 29.1 Å². The molecule has 24 heavy (non-hydrogen) atoms. The fourth-order valence-corrected chi connectivity index (χ4v) is 1.24. The molecule has 0 saturated carbocycles. The first kappa shape index (κ1) is 20.0. The molecule has 1 aromatic rings. The molecule has 0 radical (unpaired) electrons. The maximum Gasteiger partial charge on any atom is 0.411 e. The van der Waals surface area contributed by atoms with Gasteiger partial charge in [-0.2, -0.15) is 35.1 Å². The van der Waals surface area contributed by atoms with Crippen molar-refractivity contribution in [3.63, 3.8) is 0 Å². The molecule has 0 amide bonds. The van der Waals surface area contributed by atoms with Crippen molar-refractivity contribution in [1.82, 2.24) is 0 Å². The fourth-order valence-electron chi connectivity index (χ4n) is 1.24. The lowest BCUT2D eigenvalue weighted by Gasteiger charge is -2.28. The number of rotatable bonds is 4. The highest BCUT2D eigenvalue weighted by Gasteiger charge is 2.74. The second-order valence-electron chi connectivity index (χ2n) is 4.33. The van der Waals surface area contributed by atoms with Crippen LogP contribution in [-0.2, 0) is 4.79 Å². The second kappa shape index (κ2) is 5.77. The van der Waals surface area contributed by atoms with E-state index in [1.807, 2.05) is 0 Å². The predicted octanol–water partition coefficient (Wildman–Crippen LogP) is 4.21. The molecule has 0 unspecified atom stereocenters. The van der Waals surface area contributed by atoms with Crippen LogP contribution < -0.4 is 4.74 Å². The smallest absolute Gasteiger partial charge is 0.411 e. The van der Waals surface area contributed by atoms with Crippen LogP contribution in [0.2, 0.25) is 0 Å². The van der Waals surface area contributed by atoms with E-state index in [1.54, 1.807) is 0 Å². The molecular weight excluding hydrogens is 373 g/mol. The van der Waals surface area contributed by atoms with Crippen molar-refractivity contribution >= 4 is 5.97 Å². The Hall–Kier alpha value is -2.08. The molecule has 0 aliphatic rings. The lowest BCUT2D eigenvalue weighted by Crippen LogP contribution is -2.58. The van der Waals surface area contributed by atoms with Crippen LogP contribution in [0.15, 0.2) is 0 Å². The largest absolute Gasteiger partial charge is 0.415 e. The molecule has 2 nitrogen and oxygen atoms in total. The van der Waals surface area contributed by atoms with E-state index in [9.17, 15) is 53.1 Å². The van der Waals surface area contributed by atoms with Crippen LogP contribution in [0.1, 0.15) is 6.92 Å². The minimum absolute atomic E-state index is 0.702. The van der Waals surface area contributed by atoms with Gasteiger partial charge in [-0.1, -0.05) is 0 Å². The van der Waals surface area contributed by atoms with E-state index in [0.29, 0.717) is 0 Å². The maximum atomic E-state index is 13.1. The average Bonchev–Trinajstić information content (AvgIpc) is 2.45. The average molecular weight is 376 g/mol. The molecule has 0 saturated heterocycles. The normalized spacial score (nSPS) is 13.2. The maximum absolute atomic E-state index is 13.1. The summed E-state index contributed by atoms with van der Waals surface area (Å²) in [4.78, 5) is 10.9. The zero-order chi connectivity index (χ0) is 19.2. The standard InChI is InChI=1S/C11H3F11O2/c1-9(17,18)11(21,22)10(19,20)8(23)24-7-5(15)3(13)2(12)4(14)6(7)16/h1H3. The molecule has 1 rings (SSSR count). The van der Waals surface area contributed by atoms with Gasteiger partial charge in [0.2, 0.25) is 34.8 Å². The molecule has 1 aromatic carbocycles. The second-order valence-corrected chi connectivity index (χ2v) is 4.33. The molecule has 0 N–H and O–H groups in total. The van der Waals surface area contributed by atoms with Gasteiger partial charge in [-0.05, 0) is 0 Å². The minimum atomic E-state index is -6.39. The van der Waals surface area contributed by atoms with Crippen molar-refractivity contribution in [3.8, 4) is 5.75 Å². The van der Waals surface area contributed by atoms with Gasteiger partial charge in [0.15, 0.2) is 0 Å². The Morgan fingerprint density at radius 2 is 1.08 bits per heavy atom. The third kappa shape index (κ3) is 2.86. The lowest BCUT2D eigenvalue weighted by molar-refractivity contribution is -0.296. The number of esters is 1. The molecule has 13 heteroatoms. The zero-order valence-corrected chi connectivity index (χ0v) is 11.0. The Kier molecular flexibility index (Phi) is 4.80. The predicted molar refractivity (Wildman–Crippen MR) is 52.4 cm³/mol. The SMILES string of the molecule is CC(F)(F)C(F)(F)C(F)(F)C(=O)Oc1c(F)c(F)c(F)c(F)c1F. The number of benzene rings is 1. The molecule has 0 bridgehead atoms. The van der Waals surface area contributed by atoms with Gasteiger partial charge >= 0.3 is 23.7 Å². The molecule has 0 heterocycles. The Labute approximate surface area is 124 Å². The third-order valence-corrected chi connectivity index (χ3v) is 2.57. The molecule has 0 aromatic heterocycles. The van der Waals surface area contributed by atoms with Gasteiger partial charge in [0.25, 0.3) is 0 Å². The van der Waals surface area contributed by atoms with Crippen LogP contribution in [-0.4, -0.2) is 23.7 Å². The molecular formula is C11H3F11O2. The van der Waals surface area contributed by atoms with E-state index in [2.05, 4.69) is 4.74 Å². The van der Waals surface area contributed by atoms with Gasteiger partial charge in [-0.3, -0.25) is 0 Å². The van der Waals surface area contributed by atoms with Crippen LogP contribution in [0, 0.1) is 29.1 Å². The van der Waals surface area contributed by atoms with Crippen molar-refractivity contribution in [2.24, 2.45) is 0 Å². The monoisotopic (exact) mass is 376 g/mol. The highest BCUT2D eigenvalue weighted by molar-refractivity contribution is 5.81. The number of ether oxygens (including phenoxy) is 1. The van der Waals surface area contributed by atoms with Gasteiger partial charge in [0.05, 0.1) is 0 Å². The Balaban J connectivity index is 3.36. The molecule has 0 fully saturated rings. The van der Waals surface area contributed by atoms with Crippen molar-refractivity contribution < 1.29 is 57.8 Å². The van der Waals surface area contributed by atoms with Gasteiger partial charge < -0.3 is 4.74 Å². The highest BCUT2D eigenvalue weighted by Crippen LogP contribution is 2.46. The number of carbonyl (C=O) groups is 1. The topological polar surface area (TPSA) is 26.3 Å². The number of carbonyl (C=O) groups excluding carboxylic acids is 1. The molecule has 0 aliphatic carbocycles. The molecule has 0 atom stereocenters. The number of alkyl halides is 6. The Morgan fingerprint density at radius 1 is 0.750 bits per heavy atom. The summed E-state index contributed by atoms with van der Waals surface area (Å²) in [5.41, 5.74) is 0. The first-order chi connectivity index (χ1) is 10.6. The number of hydrogen-bond donors (Lipinski definition) is 0. The fraction of sp³-hybridized carbons (Fsp3) is 0.364. The van der Waals surface area contributed by atoms with E-state index in [1.165, 1.54) is 0 Å². The van der Waals surface area contributed by atoms with Crippen LogP contribution in [0.4, 0.5) is 48.3 Å². The van der Waals surface area contributed by atoms with E-state index in [0.717, 1.165) is 0 Å². The summed E-state index contributed by atoms with van der Waals surface area (Å²) in [6.07, 6.45) is 0. The van der Waals surface area contributed by atoms with Crippen LogP contribution in [0.5, 0.6) is 5.75 Å². The summed E-state index contributed by atoms with van der Waals surface area (Å²) < 4.78 is 144. The van der Waals surface area contributed by atoms with E-state index in [4.69, 9.17) is 0 Å². The summed E-state index contributed by atoms with van der Waals surface area (Å²) in [6.45, 7) is -0.702. The first-order valence-corrected chi connectivity index (χ1v) is 5.44. The summed E-state index contributed by atoms with van der Waals surface area (Å²) in [6, 6.07) is 0. The third-order valence-electron chi connectivity index (χ3n) is 2.57. The van der Waals surface area contributed by atoms with Crippen LogP contribution in [0.3, 0.4) is 0 Å². The number of halogens is 11. The van der Waals surface area contributed by atoms with Gasteiger partial charge in [-0.15, -0.1) is 0 Å². The Morgan fingerprint density at radius 3 is 1.42 bits per heavy atom. The minimum Gasteiger partial charge on any atom is -0.415 e. The van der Waals surface area contributed by atoms with Crippen molar-refractivity contribution in [1.29, 1.82) is 0 Å². The van der Waals surface area contributed by atoms with E-state index < -0.39 is 65.5 Å². The lowest BCUT2D eigenvalue weighted by atomic mass is 10.1. The van der Waals surface area contributed by atoms with Crippen molar-refractivity contribution in [2.45, 2.75) is 24.7 Å².